The highest BCUT2D eigenvalue weighted by atomic mass is 19.1. The fourth-order valence-electron chi connectivity index (χ4n) is 2.37. The van der Waals surface area contributed by atoms with Crippen LogP contribution >= 0.6 is 0 Å². The second-order valence-corrected chi connectivity index (χ2v) is 5.02. The van der Waals surface area contributed by atoms with Gasteiger partial charge in [-0.3, -0.25) is 0 Å². The van der Waals surface area contributed by atoms with Crippen molar-refractivity contribution in [2.75, 3.05) is 0 Å². The van der Waals surface area contributed by atoms with Crippen LogP contribution in [0.4, 0.5) is 4.39 Å². The number of hydrogen-bond acceptors (Lipinski definition) is 1. The highest BCUT2D eigenvalue weighted by molar-refractivity contribution is 5.94. The van der Waals surface area contributed by atoms with Crippen LogP contribution in [0.3, 0.4) is 0 Å². The molecule has 0 spiro atoms. The summed E-state index contributed by atoms with van der Waals surface area (Å²) in [5, 5.41) is 10.9. The zero-order chi connectivity index (χ0) is 14.8. The van der Waals surface area contributed by atoms with E-state index in [1.807, 2.05) is 23.0 Å². The summed E-state index contributed by atoms with van der Waals surface area (Å²) < 4.78 is 14.9. The van der Waals surface area contributed by atoms with Crippen molar-refractivity contribution >= 4 is 16.7 Å². The van der Waals surface area contributed by atoms with Gasteiger partial charge in [-0.05, 0) is 41.6 Å². The predicted octanol–water partition coefficient (Wildman–Crippen LogP) is 3.72. The summed E-state index contributed by atoms with van der Waals surface area (Å²) in [7, 11) is 0. The maximum absolute atomic E-state index is 12.8. The van der Waals surface area contributed by atoms with Crippen molar-refractivity contribution in [3.05, 3.63) is 71.8 Å². The van der Waals surface area contributed by atoms with E-state index in [1.165, 1.54) is 12.1 Å². The highest BCUT2D eigenvalue weighted by Gasteiger charge is 2.05. The second kappa shape index (κ2) is 5.40. The third-order valence-corrected chi connectivity index (χ3v) is 3.52. The number of rotatable bonds is 4. The molecule has 3 rings (SSSR count). The van der Waals surface area contributed by atoms with Crippen molar-refractivity contribution in [3.8, 4) is 0 Å². The quantitative estimate of drug-likeness (QED) is 0.793. The summed E-state index contributed by atoms with van der Waals surface area (Å²) in [6.07, 6.45) is 4.73. The minimum Gasteiger partial charge on any atom is -0.478 e. The Bertz CT molecular complexity index is 790. The highest BCUT2D eigenvalue weighted by Crippen LogP contribution is 2.18. The van der Waals surface area contributed by atoms with Crippen LogP contribution in [0.25, 0.3) is 10.8 Å². The molecule has 3 nitrogen and oxygen atoms in total. The lowest BCUT2D eigenvalue weighted by Crippen LogP contribution is -1.98. The number of aromatic nitrogens is 1. The Labute approximate surface area is 121 Å². The molecule has 3 aromatic rings. The Morgan fingerprint density at radius 2 is 1.76 bits per heavy atom. The lowest BCUT2D eigenvalue weighted by atomic mass is 10.1. The van der Waals surface area contributed by atoms with Gasteiger partial charge in [-0.25, -0.2) is 9.18 Å². The molecule has 0 atom stereocenters. The maximum Gasteiger partial charge on any atom is 0.335 e. The SMILES string of the molecule is O=C(O)c1ccc2cn(CCc3ccc(F)cc3)cc2c1. The Hall–Kier alpha value is -2.62. The van der Waals surface area contributed by atoms with Gasteiger partial charge in [-0.2, -0.15) is 0 Å². The van der Waals surface area contributed by atoms with Gasteiger partial charge in [0.1, 0.15) is 5.82 Å². The number of carboxylic acid groups (broad SMARTS) is 1. The monoisotopic (exact) mass is 283 g/mol. The van der Waals surface area contributed by atoms with Gasteiger partial charge < -0.3 is 9.67 Å². The van der Waals surface area contributed by atoms with Gasteiger partial charge in [-0.1, -0.05) is 18.2 Å². The predicted molar refractivity (Wildman–Crippen MR) is 79.0 cm³/mol. The Morgan fingerprint density at radius 3 is 2.48 bits per heavy atom. The molecule has 0 amide bonds. The summed E-state index contributed by atoms with van der Waals surface area (Å²) in [6.45, 7) is 0.767. The number of fused-ring (bicyclic) bond motifs is 1. The Morgan fingerprint density at radius 1 is 1.05 bits per heavy atom. The third kappa shape index (κ3) is 2.94. The number of benzene rings is 2. The maximum atomic E-state index is 12.8. The zero-order valence-corrected chi connectivity index (χ0v) is 11.3. The number of halogens is 1. The molecule has 0 aliphatic rings. The van der Waals surface area contributed by atoms with Gasteiger partial charge in [-0.15, -0.1) is 0 Å². The number of aromatic carboxylic acids is 1. The first-order valence-electron chi connectivity index (χ1n) is 6.69. The molecule has 1 N–H and O–H groups in total. The molecule has 2 aromatic carbocycles. The van der Waals surface area contributed by atoms with E-state index in [0.717, 1.165) is 29.3 Å². The van der Waals surface area contributed by atoms with Crippen LogP contribution in [0, 0.1) is 5.82 Å². The summed E-state index contributed by atoms with van der Waals surface area (Å²) in [5.74, 6) is -1.15. The van der Waals surface area contributed by atoms with E-state index >= 15 is 0 Å². The zero-order valence-electron chi connectivity index (χ0n) is 11.3. The molecule has 106 valence electrons. The molecule has 21 heavy (non-hydrogen) atoms. The van der Waals surface area contributed by atoms with Gasteiger partial charge >= 0.3 is 5.97 Å². The van der Waals surface area contributed by atoms with Crippen molar-refractivity contribution in [2.24, 2.45) is 0 Å². The Kier molecular flexibility index (Phi) is 3.44. The number of nitrogens with zero attached hydrogens (tertiary/aromatic N) is 1. The molecule has 0 fully saturated rings. The van der Waals surface area contributed by atoms with E-state index in [-0.39, 0.29) is 5.82 Å². The molecule has 0 saturated carbocycles. The fraction of sp³-hybridized carbons (Fsp3) is 0.118. The number of hydrogen-bond donors (Lipinski definition) is 1. The van der Waals surface area contributed by atoms with Crippen molar-refractivity contribution in [1.29, 1.82) is 0 Å². The molecule has 0 unspecified atom stereocenters. The molecular formula is C17H14FNO2. The van der Waals surface area contributed by atoms with Crippen molar-refractivity contribution in [2.45, 2.75) is 13.0 Å². The smallest absolute Gasteiger partial charge is 0.335 e. The molecule has 0 aliphatic heterocycles. The van der Waals surface area contributed by atoms with Crippen LogP contribution in [0.2, 0.25) is 0 Å². The number of aryl methyl sites for hydroxylation is 2. The Balaban J connectivity index is 1.78. The standard InChI is InChI=1S/C17H14FNO2/c18-16-5-1-12(2-6-16)7-8-19-10-14-4-3-13(17(20)21)9-15(14)11-19/h1-6,9-11H,7-8H2,(H,20,21). The van der Waals surface area contributed by atoms with Crippen LogP contribution in [0.1, 0.15) is 15.9 Å². The number of carboxylic acids is 1. The minimum absolute atomic E-state index is 0.230. The molecular weight excluding hydrogens is 269 g/mol. The molecule has 0 bridgehead atoms. The van der Waals surface area contributed by atoms with Crippen LogP contribution in [0.5, 0.6) is 0 Å². The lowest BCUT2D eigenvalue weighted by Gasteiger charge is -2.02. The molecule has 0 aliphatic carbocycles. The first-order chi connectivity index (χ1) is 10.1. The molecule has 1 aromatic heterocycles. The van der Waals surface area contributed by atoms with Crippen LogP contribution in [0.15, 0.2) is 54.9 Å². The molecule has 4 heteroatoms. The van der Waals surface area contributed by atoms with Crippen LogP contribution < -0.4 is 0 Å². The number of carbonyl (C=O) groups is 1. The van der Waals surface area contributed by atoms with E-state index < -0.39 is 5.97 Å². The van der Waals surface area contributed by atoms with Crippen LogP contribution in [-0.2, 0) is 13.0 Å². The summed E-state index contributed by atoms with van der Waals surface area (Å²) >= 11 is 0. The van der Waals surface area contributed by atoms with Gasteiger partial charge in [0.2, 0.25) is 0 Å². The molecule has 0 radical (unpaired) electrons. The van der Waals surface area contributed by atoms with Crippen molar-refractivity contribution in [1.82, 2.24) is 4.57 Å². The van der Waals surface area contributed by atoms with E-state index in [2.05, 4.69) is 0 Å². The normalized spacial score (nSPS) is 10.9. The van der Waals surface area contributed by atoms with Gasteiger partial charge in [0.25, 0.3) is 0 Å². The third-order valence-electron chi connectivity index (χ3n) is 3.52. The molecule has 1 heterocycles. The average Bonchev–Trinajstić information content (AvgIpc) is 2.88. The first kappa shape index (κ1) is 13.4. The van der Waals surface area contributed by atoms with Crippen LogP contribution in [-0.4, -0.2) is 15.6 Å². The average molecular weight is 283 g/mol. The summed E-state index contributed by atoms with van der Waals surface area (Å²) in [4.78, 5) is 11.0. The first-order valence-corrected chi connectivity index (χ1v) is 6.69. The van der Waals surface area contributed by atoms with E-state index in [4.69, 9.17) is 5.11 Å². The van der Waals surface area contributed by atoms with E-state index in [0.29, 0.717) is 5.56 Å². The van der Waals surface area contributed by atoms with Crippen molar-refractivity contribution in [3.63, 3.8) is 0 Å². The van der Waals surface area contributed by atoms with E-state index in [9.17, 15) is 9.18 Å². The van der Waals surface area contributed by atoms with Crippen molar-refractivity contribution < 1.29 is 14.3 Å². The lowest BCUT2D eigenvalue weighted by molar-refractivity contribution is 0.0697. The van der Waals surface area contributed by atoms with E-state index in [1.54, 1.807) is 24.3 Å². The van der Waals surface area contributed by atoms with Gasteiger partial charge in [0, 0.05) is 24.3 Å². The fourth-order valence-corrected chi connectivity index (χ4v) is 2.37. The van der Waals surface area contributed by atoms with Gasteiger partial charge in [0.05, 0.1) is 5.56 Å². The summed E-state index contributed by atoms with van der Waals surface area (Å²) in [6, 6.07) is 11.6. The van der Waals surface area contributed by atoms with Gasteiger partial charge in [0.15, 0.2) is 0 Å². The largest absolute Gasteiger partial charge is 0.478 e. The molecule has 0 saturated heterocycles. The topological polar surface area (TPSA) is 42.2 Å². The second-order valence-electron chi connectivity index (χ2n) is 5.02. The summed E-state index contributed by atoms with van der Waals surface area (Å²) in [5.41, 5.74) is 1.36. The minimum atomic E-state index is -0.920.